The smallest absolute Gasteiger partial charge is 0.255 e. The maximum Gasteiger partial charge on any atom is 0.255 e. The molecule has 0 aliphatic carbocycles. The van der Waals surface area contributed by atoms with Crippen molar-refractivity contribution in [1.82, 2.24) is 5.32 Å². The molecular weight excluding hydrogens is 265 g/mol. The molecule has 0 radical (unpaired) electrons. The van der Waals surface area contributed by atoms with Gasteiger partial charge in [0.05, 0.1) is 18.4 Å². The molecule has 6 heteroatoms. The van der Waals surface area contributed by atoms with Gasteiger partial charge in [0, 0.05) is 0 Å². The minimum atomic E-state index is -1.40. The summed E-state index contributed by atoms with van der Waals surface area (Å²) in [6, 6.07) is 6.25. The van der Waals surface area contributed by atoms with E-state index in [4.69, 9.17) is 4.42 Å². The molecule has 0 aliphatic rings. The number of phenolic OH excluding ortho intramolecular Hbond substituents is 1. The Morgan fingerprint density at radius 3 is 2.85 bits per heavy atom. The van der Waals surface area contributed by atoms with Crippen LogP contribution in [0.15, 0.2) is 41.0 Å². The first-order valence-corrected chi connectivity index (χ1v) is 5.93. The molecule has 106 valence electrons. The summed E-state index contributed by atoms with van der Waals surface area (Å²) >= 11 is 0. The third kappa shape index (κ3) is 2.97. The highest BCUT2D eigenvalue weighted by Crippen LogP contribution is 2.21. The Bertz CT molecular complexity index is 608. The number of amides is 1. The lowest BCUT2D eigenvalue weighted by molar-refractivity contribution is 0.0330. The summed E-state index contributed by atoms with van der Waals surface area (Å²) in [6.45, 7) is 1.33. The van der Waals surface area contributed by atoms with Crippen LogP contribution in [0.2, 0.25) is 0 Å². The van der Waals surface area contributed by atoms with Crippen molar-refractivity contribution in [1.29, 1.82) is 0 Å². The van der Waals surface area contributed by atoms with Crippen LogP contribution in [0.4, 0.5) is 4.39 Å². The molecule has 2 rings (SSSR count). The van der Waals surface area contributed by atoms with E-state index < -0.39 is 17.3 Å². The Kier molecular flexibility index (Phi) is 3.76. The highest BCUT2D eigenvalue weighted by molar-refractivity contribution is 5.96. The van der Waals surface area contributed by atoms with E-state index in [9.17, 15) is 19.4 Å². The van der Waals surface area contributed by atoms with Crippen LogP contribution >= 0.6 is 0 Å². The van der Waals surface area contributed by atoms with Crippen LogP contribution in [0.25, 0.3) is 0 Å². The van der Waals surface area contributed by atoms with E-state index in [1.54, 1.807) is 12.1 Å². The van der Waals surface area contributed by atoms with Crippen LogP contribution in [-0.2, 0) is 5.60 Å². The first-order valence-electron chi connectivity index (χ1n) is 5.93. The molecule has 0 saturated carbocycles. The van der Waals surface area contributed by atoms with Crippen molar-refractivity contribution in [2.24, 2.45) is 0 Å². The van der Waals surface area contributed by atoms with E-state index in [2.05, 4.69) is 5.32 Å². The molecule has 2 aromatic rings. The Morgan fingerprint density at radius 2 is 2.20 bits per heavy atom. The lowest BCUT2D eigenvalue weighted by atomic mass is 10.0. The maximum atomic E-state index is 13.0. The van der Waals surface area contributed by atoms with Crippen LogP contribution in [0.5, 0.6) is 5.75 Å². The van der Waals surface area contributed by atoms with Gasteiger partial charge in [-0.05, 0) is 37.3 Å². The van der Waals surface area contributed by atoms with Crippen LogP contribution < -0.4 is 5.32 Å². The molecule has 1 atom stereocenters. The number of benzene rings is 1. The highest BCUT2D eigenvalue weighted by Gasteiger charge is 2.27. The third-order valence-electron chi connectivity index (χ3n) is 2.85. The van der Waals surface area contributed by atoms with Gasteiger partial charge in [0.1, 0.15) is 22.9 Å². The fraction of sp³-hybridized carbons (Fsp3) is 0.214. The molecule has 0 spiro atoms. The first-order chi connectivity index (χ1) is 9.40. The summed E-state index contributed by atoms with van der Waals surface area (Å²) in [7, 11) is 0. The maximum absolute atomic E-state index is 13.0. The third-order valence-corrected chi connectivity index (χ3v) is 2.85. The van der Waals surface area contributed by atoms with Gasteiger partial charge in [-0.3, -0.25) is 4.79 Å². The van der Waals surface area contributed by atoms with Crippen LogP contribution in [0.3, 0.4) is 0 Å². The van der Waals surface area contributed by atoms with E-state index in [1.807, 2.05) is 0 Å². The normalized spacial score (nSPS) is 13.8. The minimum absolute atomic E-state index is 0.144. The van der Waals surface area contributed by atoms with E-state index in [0.717, 1.165) is 18.2 Å². The van der Waals surface area contributed by atoms with Gasteiger partial charge in [0.15, 0.2) is 0 Å². The lowest BCUT2D eigenvalue weighted by Gasteiger charge is -2.21. The van der Waals surface area contributed by atoms with Gasteiger partial charge in [-0.2, -0.15) is 0 Å². The summed E-state index contributed by atoms with van der Waals surface area (Å²) in [5.74, 6) is -1.36. The fourth-order valence-corrected chi connectivity index (χ4v) is 1.71. The van der Waals surface area contributed by atoms with Crippen molar-refractivity contribution in [3.8, 4) is 5.75 Å². The van der Waals surface area contributed by atoms with Crippen molar-refractivity contribution in [2.45, 2.75) is 12.5 Å². The van der Waals surface area contributed by atoms with Crippen molar-refractivity contribution < 1.29 is 23.8 Å². The van der Waals surface area contributed by atoms with Crippen molar-refractivity contribution >= 4 is 5.91 Å². The summed E-state index contributed by atoms with van der Waals surface area (Å²) in [5, 5.41) is 22.1. The average molecular weight is 279 g/mol. The molecule has 1 aromatic heterocycles. The Hall–Kier alpha value is -2.34. The van der Waals surface area contributed by atoms with Gasteiger partial charge in [0.2, 0.25) is 0 Å². The lowest BCUT2D eigenvalue weighted by Crippen LogP contribution is -2.38. The zero-order chi connectivity index (χ0) is 14.8. The number of aliphatic hydroxyl groups is 1. The van der Waals surface area contributed by atoms with E-state index in [1.165, 1.54) is 13.2 Å². The van der Waals surface area contributed by atoms with Gasteiger partial charge >= 0.3 is 0 Å². The summed E-state index contributed by atoms with van der Waals surface area (Å²) < 4.78 is 18.1. The van der Waals surface area contributed by atoms with Gasteiger partial charge in [-0.15, -0.1) is 0 Å². The second-order valence-electron chi connectivity index (χ2n) is 4.60. The van der Waals surface area contributed by atoms with Crippen molar-refractivity contribution in [3.05, 3.63) is 53.7 Å². The van der Waals surface area contributed by atoms with Crippen LogP contribution in [-0.4, -0.2) is 22.7 Å². The number of rotatable bonds is 4. The SMILES string of the molecule is CC(O)(CNC(=O)c1cc(F)ccc1O)c1ccco1. The number of phenols is 1. The second kappa shape index (κ2) is 5.34. The van der Waals surface area contributed by atoms with Gasteiger partial charge in [0.25, 0.3) is 5.91 Å². The molecule has 5 nitrogen and oxygen atoms in total. The predicted octanol–water partition coefficient (Wildman–Crippen LogP) is 1.76. The molecule has 0 bridgehead atoms. The standard InChI is InChI=1S/C14H14FNO4/c1-14(19,12-3-2-6-20-12)8-16-13(18)10-7-9(15)4-5-11(10)17/h2-7,17,19H,8H2,1H3,(H,16,18). The Labute approximate surface area is 114 Å². The number of halogens is 1. The Morgan fingerprint density at radius 1 is 1.45 bits per heavy atom. The topological polar surface area (TPSA) is 82.7 Å². The Balaban J connectivity index is 2.07. The highest BCUT2D eigenvalue weighted by atomic mass is 19.1. The number of carbonyl (C=O) groups excluding carboxylic acids is 1. The number of furan rings is 1. The molecule has 0 aliphatic heterocycles. The first kappa shape index (κ1) is 14.1. The molecule has 1 amide bonds. The minimum Gasteiger partial charge on any atom is -0.507 e. The average Bonchev–Trinajstić information content (AvgIpc) is 2.93. The molecule has 3 N–H and O–H groups in total. The summed E-state index contributed by atoms with van der Waals surface area (Å²) in [4.78, 5) is 11.9. The van der Waals surface area contributed by atoms with E-state index >= 15 is 0 Å². The second-order valence-corrected chi connectivity index (χ2v) is 4.60. The van der Waals surface area contributed by atoms with Gasteiger partial charge < -0.3 is 19.9 Å². The van der Waals surface area contributed by atoms with E-state index in [-0.39, 0.29) is 17.9 Å². The zero-order valence-electron chi connectivity index (χ0n) is 10.8. The van der Waals surface area contributed by atoms with Gasteiger partial charge in [-0.25, -0.2) is 4.39 Å². The predicted molar refractivity (Wildman–Crippen MR) is 68.7 cm³/mol. The number of aromatic hydroxyl groups is 1. The fourth-order valence-electron chi connectivity index (χ4n) is 1.71. The number of nitrogens with one attached hydrogen (secondary N) is 1. The van der Waals surface area contributed by atoms with Crippen molar-refractivity contribution in [2.75, 3.05) is 6.54 Å². The quantitative estimate of drug-likeness (QED) is 0.796. The molecule has 0 saturated heterocycles. The number of hydrogen-bond donors (Lipinski definition) is 3. The zero-order valence-corrected chi connectivity index (χ0v) is 10.8. The summed E-state index contributed by atoms with van der Waals surface area (Å²) in [5.41, 5.74) is -1.59. The monoisotopic (exact) mass is 279 g/mol. The van der Waals surface area contributed by atoms with E-state index in [0.29, 0.717) is 5.76 Å². The number of hydrogen-bond acceptors (Lipinski definition) is 4. The molecule has 1 heterocycles. The molecule has 1 unspecified atom stereocenters. The van der Waals surface area contributed by atoms with Crippen LogP contribution in [0, 0.1) is 5.82 Å². The molecule has 1 aromatic carbocycles. The molecule has 0 fully saturated rings. The van der Waals surface area contributed by atoms with Gasteiger partial charge in [-0.1, -0.05) is 0 Å². The largest absolute Gasteiger partial charge is 0.507 e. The molecular formula is C14H14FNO4. The molecule has 20 heavy (non-hydrogen) atoms. The number of carbonyl (C=O) groups is 1. The summed E-state index contributed by atoms with van der Waals surface area (Å²) in [6.07, 6.45) is 1.41. The van der Waals surface area contributed by atoms with Crippen LogP contribution in [0.1, 0.15) is 23.0 Å². The van der Waals surface area contributed by atoms with Crippen molar-refractivity contribution in [3.63, 3.8) is 0 Å².